The fourth-order valence-corrected chi connectivity index (χ4v) is 4.76. The van der Waals surface area contributed by atoms with Gasteiger partial charge < -0.3 is 14.8 Å². The average molecular weight is 458 g/mol. The molecule has 6 nitrogen and oxygen atoms in total. The first-order valence-electron chi connectivity index (χ1n) is 11.7. The largest absolute Gasteiger partial charge is 0.354 e. The van der Waals surface area contributed by atoms with E-state index in [1.165, 1.54) is 4.90 Å². The van der Waals surface area contributed by atoms with E-state index in [1.807, 2.05) is 18.2 Å². The van der Waals surface area contributed by atoms with Crippen molar-refractivity contribution in [1.29, 1.82) is 0 Å². The molecule has 0 radical (unpaired) electrons. The maximum Gasteiger partial charge on any atom is 0.319 e. The number of hydrogen-bond donors (Lipinski definition) is 2. The van der Waals surface area contributed by atoms with Crippen LogP contribution in [0.25, 0.3) is 0 Å². The lowest BCUT2D eigenvalue weighted by Crippen LogP contribution is -2.49. The number of aldehydes is 1. The highest BCUT2D eigenvalue weighted by molar-refractivity contribution is 5.76. The van der Waals surface area contributed by atoms with Gasteiger partial charge in [-0.3, -0.25) is 10.2 Å². The molecular weight excluding hydrogens is 426 g/mol. The van der Waals surface area contributed by atoms with Crippen molar-refractivity contribution in [1.82, 2.24) is 15.5 Å². The first kappa shape index (κ1) is 23.7. The molecule has 2 N–H and O–H groups in total. The minimum absolute atomic E-state index is 0.00642. The number of amides is 2. The van der Waals surface area contributed by atoms with E-state index in [9.17, 15) is 9.59 Å². The third kappa shape index (κ3) is 4.88. The predicted octanol–water partition coefficient (Wildman–Crippen LogP) is 3.91. The van der Waals surface area contributed by atoms with Crippen LogP contribution in [0.1, 0.15) is 29.5 Å². The van der Waals surface area contributed by atoms with Crippen molar-refractivity contribution in [2.45, 2.75) is 30.7 Å². The van der Waals surface area contributed by atoms with E-state index in [4.69, 9.17) is 4.74 Å². The Morgan fingerprint density at radius 2 is 1.41 bits per heavy atom. The number of hydrogen-bond acceptors (Lipinski definition) is 4. The zero-order valence-electron chi connectivity index (χ0n) is 19.4. The number of nitrogens with zero attached hydrogens (tertiary/aromatic N) is 1. The summed E-state index contributed by atoms with van der Waals surface area (Å²) in [6.07, 6.45) is 1.69. The molecule has 3 aromatic carbocycles. The van der Waals surface area contributed by atoms with E-state index in [-0.39, 0.29) is 18.7 Å². The Kier molecular flexibility index (Phi) is 7.72. The van der Waals surface area contributed by atoms with E-state index >= 15 is 0 Å². The maximum absolute atomic E-state index is 12.2. The van der Waals surface area contributed by atoms with Crippen molar-refractivity contribution in [2.75, 3.05) is 20.1 Å². The van der Waals surface area contributed by atoms with Crippen molar-refractivity contribution >= 4 is 12.3 Å². The zero-order chi connectivity index (χ0) is 23.8. The second kappa shape index (κ2) is 11.1. The van der Waals surface area contributed by atoms with E-state index < -0.39 is 11.8 Å². The van der Waals surface area contributed by atoms with Gasteiger partial charge in [0.05, 0.1) is 18.2 Å². The summed E-state index contributed by atoms with van der Waals surface area (Å²) in [4.78, 5) is 24.8. The van der Waals surface area contributed by atoms with Crippen LogP contribution in [-0.2, 0) is 15.1 Å². The van der Waals surface area contributed by atoms with E-state index in [0.717, 1.165) is 29.4 Å². The summed E-state index contributed by atoms with van der Waals surface area (Å²) in [5.74, 6) is 0. The molecule has 2 unspecified atom stereocenters. The Morgan fingerprint density at radius 1 is 0.912 bits per heavy atom. The molecule has 0 saturated carbocycles. The Bertz CT molecular complexity index is 963. The predicted molar refractivity (Wildman–Crippen MR) is 132 cm³/mol. The van der Waals surface area contributed by atoms with Crippen LogP contribution in [0.3, 0.4) is 0 Å². The number of urea groups is 1. The molecule has 4 rings (SSSR count). The molecule has 2 amide bonds. The number of carbonyl (C=O) groups is 2. The fraction of sp³-hybridized carbons (Fsp3) is 0.286. The molecular formula is C28H31N3O3. The van der Waals surface area contributed by atoms with Crippen LogP contribution in [0, 0.1) is 0 Å². The van der Waals surface area contributed by atoms with Crippen molar-refractivity contribution in [2.24, 2.45) is 0 Å². The standard InChI is InChI=1S/C28H31N3O3/c1-29-27(33)31(19-20-32)26-18-17-25(34-26)21-30-28(22-11-5-2-6-12-22,23-13-7-3-8-14-23)24-15-9-4-10-16-24/h2-16,20,25-26,30H,17-19,21H2,1H3,(H,29,33). The third-order valence-corrected chi connectivity index (χ3v) is 6.39. The lowest BCUT2D eigenvalue weighted by molar-refractivity contribution is -0.111. The Labute approximate surface area is 200 Å². The van der Waals surface area contributed by atoms with Crippen molar-refractivity contribution in [3.8, 4) is 0 Å². The molecule has 0 aromatic heterocycles. The number of rotatable bonds is 9. The molecule has 1 heterocycles. The third-order valence-electron chi connectivity index (χ3n) is 6.39. The van der Waals surface area contributed by atoms with Crippen LogP contribution in [0.4, 0.5) is 4.79 Å². The highest BCUT2D eigenvalue weighted by atomic mass is 16.5. The van der Waals surface area contributed by atoms with Crippen LogP contribution in [0.2, 0.25) is 0 Å². The summed E-state index contributed by atoms with van der Waals surface area (Å²) in [5.41, 5.74) is 2.83. The normalized spacial score (nSPS) is 17.8. The van der Waals surface area contributed by atoms with Crippen LogP contribution in [-0.4, -0.2) is 49.7 Å². The molecule has 1 fully saturated rings. The van der Waals surface area contributed by atoms with Gasteiger partial charge in [-0.05, 0) is 29.5 Å². The Morgan fingerprint density at radius 3 is 1.85 bits per heavy atom. The number of carbonyl (C=O) groups excluding carboxylic acids is 2. The second-order valence-electron chi connectivity index (χ2n) is 8.39. The highest BCUT2D eigenvalue weighted by Crippen LogP contribution is 2.37. The van der Waals surface area contributed by atoms with Crippen LogP contribution in [0.5, 0.6) is 0 Å². The highest BCUT2D eigenvalue weighted by Gasteiger charge is 2.38. The van der Waals surface area contributed by atoms with Gasteiger partial charge in [0.1, 0.15) is 12.5 Å². The van der Waals surface area contributed by atoms with Crippen molar-refractivity contribution in [3.05, 3.63) is 108 Å². The molecule has 0 aliphatic carbocycles. The van der Waals surface area contributed by atoms with Crippen LogP contribution in [0.15, 0.2) is 91.0 Å². The van der Waals surface area contributed by atoms with E-state index in [1.54, 1.807) is 7.05 Å². The van der Waals surface area contributed by atoms with Gasteiger partial charge in [-0.15, -0.1) is 0 Å². The number of ether oxygens (including phenoxy) is 1. The lowest BCUT2D eigenvalue weighted by atomic mass is 9.77. The minimum Gasteiger partial charge on any atom is -0.354 e. The molecule has 1 aliphatic rings. The van der Waals surface area contributed by atoms with Gasteiger partial charge in [0.25, 0.3) is 0 Å². The van der Waals surface area contributed by atoms with Crippen molar-refractivity contribution in [3.63, 3.8) is 0 Å². The Balaban J connectivity index is 1.64. The summed E-state index contributed by atoms with van der Waals surface area (Å²) in [7, 11) is 1.56. The summed E-state index contributed by atoms with van der Waals surface area (Å²) < 4.78 is 6.25. The van der Waals surface area contributed by atoms with Crippen molar-refractivity contribution < 1.29 is 14.3 Å². The maximum atomic E-state index is 12.2. The van der Waals surface area contributed by atoms with Gasteiger partial charge in [-0.25, -0.2) is 4.79 Å². The molecule has 6 heteroatoms. The summed E-state index contributed by atoms with van der Waals surface area (Å²) in [5, 5.41) is 6.44. The van der Waals surface area contributed by atoms with Crippen LogP contribution >= 0.6 is 0 Å². The first-order valence-corrected chi connectivity index (χ1v) is 11.7. The fourth-order valence-electron chi connectivity index (χ4n) is 4.76. The molecule has 0 spiro atoms. The quantitative estimate of drug-likeness (QED) is 0.378. The van der Waals surface area contributed by atoms with E-state index in [0.29, 0.717) is 13.0 Å². The lowest BCUT2D eigenvalue weighted by Gasteiger charge is -2.38. The second-order valence-corrected chi connectivity index (χ2v) is 8.39. The molecule has 1 saturated heterocycles. The zero-order valence-corrected chi connectivity index (χ0v) is 19.4. The van der Waals surface area contributed by atoms with E-state index in [2.05, 4.69) is 83.4 Å². The monoisotopic (exact) mass is 457 g/mol. The summed E-state index contributed by atoms with van der Waals surface area (Å²) >= 11 is 0. The molecule has 34 heavy (non-hydrogen) atoms. The molecule has 176 valence electrons. The topological polar surface area (TPSA) is 70.7 Å². The SMILES string of the molecule is CNC(=O)N(CC=O)C1CCC(CNC(c2ccccc2)(c2ccccc2)c2ccccc2)O1. The summed E-state index contributed by atoms with van der Waals surface area (Å²) in [6, 6.07) is 30.9. The first-order chi connectivity index (χ1) is 16.7. The number of nitrogens with one attached hydrogen (secondary N) is 2. The molecule has 0 bridgehead atoms. The van der Waals surface area contributed by atoms with Gasteiger partial charge in [-0.2, -0.15) is 0 Å². The van der Waals surface area contributed by atoms with Gasteiger partial charge in [0.2, 0.25) is 0 Å². The Hall–Kier alpha value is -3.48. The van der Waals surface area contributed by atoms with Gasteiger partial charge in [0.15, 0.2) is 0 Å². The molecule has 3 aromatic rings. The number of benzene rings is 3. The van der Waals surface area contributed by atoms with Gasteiger partial charge in [0, 0.05) is 13.6 Å². The smallest absolute Gasteiger partial charge is 0.319 e. The minimum atomic E-state index is -0.575. The van der Waals surface area contributed by atoms with Gasteiger partial charge >= 0.3 is 6.03 Å². The van der Waals surface area contributed by atoms with Gasteiger partial charge in [-0.1, -0.05) is 91.0 Å². The van der Waals surface area contributed by atoms with Crippen LogP contribution < -0.4 is 10.6 Å². The molecule has 1 aliphatic heterocycles. The summed E-state index contributed by atoms with van der Waals surface area (Å²) in [6.45, 7) is 0.588. The molecule has 2 atom stereocenters. The average Bonchev–Trinajstić information content (AvgIpc) is 3.38.